The number of hydrogen-bond donors (Lipinski definition) is 2. The van der Waals surface area contributed by atoms with E-state index in [1.807, 2.05) is 0 Å². The van der Waals surface area contributed by atoms with Crippen LogP contribution in [0.25, 0.3) is 0 Å². The van der Waals surface area contributed by atoms with Gasteiger partial charge in [-0.3, -0.25) is 9.89 Å². The molecule has 1 saturated heterocycles. The highest BCUT2D eigenvalue weighted by atomic mass is 15.2. The van der Waals surface area contributed by atoms with E-state index >= 15 is 0 Å². The molecule has 2 rings (SSSR count). The molecular formula is C19H33N5. The Morgan fingerprint density at radius 1 is 1.33 bits per heavy atom. The number of aliphatic imine (C=N–C) groups is 1. The molecule has 1 atom stereocenters. The van der Waals surface area contributed by atoms with Gasteiger partial charge in [0.05, 0.1) is 6.54 Å². The van der Waals surface area contributed by atoms with Gasteiger partial charge in [0.15, 0.2) is 5.96 Å². The smallest absolute Gasteiger partial charge is 0.188 e. The predicted octanol–water partition coefficient (Wildman–Crippen LogP) is 2.29. The SMILES string of the molecule is CCN(CCCNC(N)=NCC1CCCN1CC)c1ccccc1. The van der Waals surface area contributed by atoms with Crippen molar-refractivity contribution < 1.29 is 0 Å². The summed E-state index contributed by atoms with van der Waals surface area (Å²) >= 11 is 0. The Morgan fingerprint density at radius 2 is 2.12 bits per heavy atom. The number of hydrogen-bond acceptors (Lipinski definition) is 3. The summed E-state index contributed by atoms with van der Waals surface area (Å²) in [5, 5.41) is 3.25. The first kappa shape index (κ1) is 18.6. The van der Waals surface area contributed by atoms with Crippen molar-refractivity contribution in [1.29, 1.82) is 0 Å². The minimum Gasteiger partial charge on any atom is -0.372 e. The van der Waals surface area contributed by atoms with Crippen LogP contribution in [-0.2, 0) is 0 Å². The van der Waals surface area contributed by atoms with Crippen LogP contribution in [0, 0.1) is 0 Å². The second-order valence-electron chi connectivity index (χ2n) is 6.35. The Balaban J connectivity index is 1.66. The minimum atomic E-state index is 0.573. The van der Waals surface area contributed by atoms with Gasteiger partial charge in [0, 0.05) is 31.4 Å². The van der Waals surface area contributed by atoms with Gasteiger partial charge in [-0.2, -0.15) is 0 Å². The number of rotatable bonds is 9. The van der Waals surface area contributed by atoms with Crippen LogP contribution < -0.4 is 16.0 Å². The lowest BCUT2D eigenvalue weighted by Crippen LogP contribution is -2.37. The number of nitrogens with one attached hydrogen (secondary N) is 1. The van der Waals surface area contributed by atoms with Gasteiger partial charge in [-0.05, 0) is 51.4 Å². The third-order valence-electron chi connectivity index (χ3n) is 4.79. The van der Waals surface area contributed by atoms with E-state index in [4.69, 9.17) is 5.73 Å². The molecule has 1 unspecified atom stereocenters. The van der Waals surface area contributed by atoms with Crippen molar-refractivity contribution in [2.75, 3.05) is 44.2 Å². The van der Waals surface area contributed by atoms with E-state index in [-0.39, 0.29) is 0 Å². The van der Waals surface area contributed by atoms with Crippen LogP contribution in [0.1, 0.15) is 33.1 Å². The summed E-state index contributed by atoms with van der Waals surface area (Å²) in [6.07, 6.45) is 3.57. The van der Waals surface area contributed by atoms with Crippen molar-refractivity contribution >= 4 is 11.6 Å². The third-order valence-corrected chi connectivity index (χ3v) is 4.79. The number of guanidine groups is 1. The molecule has 0 amide bonds. The lowest BCUT2D eigenvalue weighted by molar-refractivity contribution is 0.273. The molecule has 5 nitrogen and oxygen atoms in total. The maximum absolute atomic E-state index is 6.01. The number of para-hydroxylation sites is 1. The molecule has 3 N–H and O–H groups in total. The van der Waals surface area contributed by atoms with Gasteiger partial charge < -0.3 is 16.0 Å². The quantitative estimate of drug-likeness (QED) is 0.414. The number of nitrogens with two attached hydrogens (primary N) is 1. The van der Waals surface area contributed by atoms with Crippen LogP contribution >= 0.6 is 0 Å². The molecule has 5 heteroatoms. The first-order valence-electron chi connectivity index (χ1n) is 9.32. The number of anilines is 1. The highest BCUT2D eigenvalue weighted by Crippen LogP contribution is 2.16. The molecule has 1 aromatic carbocycles. The largest absolute Gasteiger partial charge is 0.372 e. The molecule has 0 aliphatic carbocycles. The van der Waals surface area contributed by atoms with Crippen molar-refractivity contribution in [2.24, 2.45) is 10.7 Å². The first-order chi connectivity index (χ1) is 11.7. The third kappa shape index (κ3) is 5.71. The summed E-state index contributed by atoms with van der Waals surface area (Å²) in [4.78, 5) is 9.40. The zero-order valence-electron chi connectivity index (χ0n) is 15.2. The van der Waals surface area contributed by atoms with E-state index in [9.17, 15) is 0 Å². The van der Waals surface area contributed by atoms with Crippen LogP contribution in [0.5, 0.6) is 0 Å². The molecule has 1 aliphatic heterocycles. The number of likely N-dealkylation sites (N-methyl/N-ethyl adjacent to an activating group) is 1. The number of nitrogens with zero attached hydrogens (tertiary/aromatic N) is 3. The fourth-order valence-electron chi connectivity index (χ4n) is 3.37. The lowest BCUT2D eigenvalue weighted by atomic mass is 10.2. The van der Waals surface area contributed by atoms with Crippen molar-refractivity contribution in [3.63, 3.8) is 0 Å². The molecule has 24 heavy (non-hydrogen) atoms. The molecular weight excluding hydrogens is 298 g/mol. The van der Waals surface area contributed by atoms with Crippen molar-refractivity contribution in [2.45, 2.75) is 39.2 Å². The molecule has 134 valence electrons. The molecule has 0 saturated carbocycles. The van der Waals surface area contributed by atoms with E-state index in [1.54, 1.807) is 0 Å². The van der Waals surface area contributed by atoms with Crippen LogP contribution in [0.15, 0.2) is 35.3 Å². The van der Waals surface area contributed by atoms with Crippen LogP contribution in [0.4, 0.5) is 5.69 Å². The molecule has 1 fully saturated rings. The molecule has 1 aromatic rings. The van der Waals surface area contributed by atoms with Crippen LogP contribution in [0.2, 0.25) is 0 Å². The highest BCUT2D eigenvalue weighted by Gasteiger charge is 2.22. The van der Waals surface area contributed by atoms with Gasteiger partial charge in [-0.15, -0.1) is 0 Å². The van der Waals surface area contributed by atoms with Gasteiger partial charge in [0.2, 0.25) is 0 Å². The maximum atomic E-state index is 6.01. The summed E-state index contributed by atoms with van der Waals surface area (Å²) in [6, 6.07) is 11.1. The Kier molecular flexibility index (Phi) is 7.89. The average Bonchev–Trinajstić information content (AvgIpc) is 3.08. The summed E-state index contributed by atoms with van der Waals surface area (Å²) in [5.41, 5.74) is 7.29. The predicted molar refractivity (Wildman–Crippen MR) is 104 cm³/mol. The molecule has 1 heterocycles. The Morgan fingerprint density at radius 3 is 2.83 bits per heavy atom. The normalized spacial score (nSPS) is 18.8. The zero-order chi connectivity index (χ0) is 17.2. The van der Waals surface area contributed by atoms with E-state index < -0.39 is 0 Å². The van der Waals surface area contributed by atoms with Crippen LogP contribution in [0.3, 0.4) is 0 Å². The molecule has 1 aliphatic rings. The Labute approximate surface area is 146 Å². The molecule has 0 radical (unpaired) electrons. The van der Waals surface area contributed by atoms with Gasteiger partial charge in [-0.1, -0.05) is 25.1 Å². The second-order valence-corrected chi connectivity index (χ2v) is 6.35. The van der Waals surface area contributed by atoms with Crippen molar-refractivity contribution in [1.82, 2.24) is 10.2 Å². The summed E-state index contributed by atoms with van der Waals surface area (Å²) < 4.78 is 0. The Bertz CT molecular complexity index is 488. The molecule has 0 spiro atoms. The van der Waals surface area contributed by atoms with Gasteiger partial charge >= 0.3 is 0 Å². The maximum Gasteiger partial charge on any atom is 0.188 e. The Hall–Kier alpha value is -1.75. The summed E-state index contributed by atoms with van der Waals surface area (Å²) in [7, 11) is 0. The topological polar surface area (TPSA) is 56.9 Å². The fourth-order valence-corrected chi connectivity index (χ4v) is 3.37. The molecule has 0 aromatic heterocycles. The van der Waals surface area contributed by atoms with E-state index in [0.717, 1.165) is 39.1 Å². The number of benzene rings is 1. The van der Waals surface area contributed by atoms with Crippen molar-refractivity contribution in [3.8, 4) is 0 Å². The van der Waals surface area contributed by atoms with Gasteiger partial charge in [-0.25, -0.2) is 0 Å². The summed E-state index contributed by atoms with van der Waals surface area (Å²) in [5.74, 6) is 0.584. The van der Waals surface area contributed by atoms with Crippen LogP contribution in [-0.4, -0.2) is 56.2 Å². The zero-order valence-corrected chi connectivity index (χ0v) is 15.2. The van der Waals surface area contributed by atoms with Gasteiger partial charge in [0.1, 0.15) is 0 Å². The fraction of sp³-hybridized carbons (Fsp3) is 0.632. The van der Waals surface area contributed by atoms with E-state index in [0.29, 0.717) is 12.0 Å². The number of likely N-dealkylation sites (tertiary alicyclic amines) is 1. The van der Waals surface area contributed by atoms with E-state index in [1.165, 1.54) is 25.1 Å². The highest BCUT2D eigenvalue weighted by molar-refractivity contribution is 5.77. The monoisotopic (exact) mass is 331 g/mol. The summed E-state index contributed by atoms with van der Waals surface area (Å²) in [6.45, 7) is 10.4. The standard InChI is InChI=1S/C19H33N5/c1-3-23(17-10-6-5-7-11-17)15-9-13-21-19(20)22-16-18-12-8-14-24(18)4-2/h5-7,10-11,18H,3-4,8-9,12-16H2,1-2H3,(H3,20,21,22). The first-order valence-corrected chi connectivity index (χ1v) is 9.32. The van der Waals surface area contributed by atoms with Crippen molar-refractivity contribution in [3.05, 3.63) is 30.3 Å². The second kappa shape index (κ2) is 10.2. The molecule has 0 bridgehead atoms. The van der Waals surface area contributed by atoms with Gasteiger partial charge in [0.25, 0.3) is 0 Å². The minimum absolute atomic E-state index is 0.573. The lowest BCUT2D eigenvalue weighted by Gasteiger charge is -2.23. The van der Waals surface area contributed by atoms with E-state index in [2.05, 4.69) is 64.3 Å². The average molecular weight is 332 g/mol.